The molecular weight excluding hydrogens is 607 g/mol. The van der Waals surface area contributed by atoms with Crippen LogP contribution in [0, 0.1) is 0 Å². The van der Waals surface area contributed by atoms with Crippen LogP contribution in [-0.2, 0) is 45.7 Å². The number of hydrogen-bond acceptors (Lipinski definition) is 8. The minimum atomic E-state index is -0.695. The van der Waals surface area contributed by atoms with Gasteiger partial charge in [-0.3, -0.25) is 14.6 Å². The van der Waals surface area contributed by atoms with Gasteiger partial charge in [0, 0.05) is 34.4 Å². The fourth-order valence-electron chi connectivity index (χ4n) is 4.34. The van der Waals surface area contributed by atoms with Crippen molar-refractivity contribution < 1.29 is 45.7 Å². The zero-order valence-corrected chi connectivity index (χ0v) is 26.4. The van der Waals surface area contributed by atoms with Crippen LogP contribution in [0.4, 0.5) is 0 Å². The molecule has 44 heavy (non-hydrogen) atoms. The molecule has 2 aliphatic heterocycles. The minimum Gasteiger partial charge on any atom is -0.657 e. The Morgan fingerprint density at radius 2 is 1.30 bits per heavy atom. The summed E-state index contributed by atoms with van der Waals surface area (Å²) in [7, 11) is 8.95. The third kappa shape index (κ3) is 6.64. The number of carbonyl (C=O) groups excluding carboxylic acids is 4. The fraction of sp³-hybridized carbons (Fsp3) is 0.226. The number of ether oxygens (including phenoxy) is 2. The molecule has 4 heterocycles. The van der Waals surface area contributed by atoms with Gasteiger partial charge in [-0.25, -0.2) is 14.6 Å². The fourth-order valence-corrected chi connectivity index (χ4v) is 4.34. The molecule has 226 valence electrons. The molecule has 4 rings (SSSR count). The van der Waals surface area contributed by atoms with Crippen molar-refractivity contribution in [3.63, 3.8) is 0 Å². The van der Waals surface area contributed by atoms with Crippen LogP contribution in [0.25, 0.3) is 22.3 Å². The SMILES string of the molecule is COC(=O)/C(=C1\C=CC=N1)c1ccc(/C(C(=O)N(C)C)=C2/C=CC(C(/C(=O)OC)=c3/cc/c(=C(/C)C(=O)N(C)C)[n-]3)=N2)[n-]1.[Mn+3]. The number of hydrogen-bond donors (Lipinski definition) is 0. The van der Waals surface area contributed by atoms with E-state index < -0.39 is 17.8 Å². The average Bonchev–Trinajstić information content (AvgIpc) is 3.81. The van der Waals surface area contributed by atoms with Gasteiger partial charge < -0.3 is 29.2 Å². The Morgan fingerprint density at radius 1 is 0.705 bits per heavy atom. The number of aromatic nitrogens is 2. The maximum atomic E-state index is 13.4. The summed E-state index contributed by atoms with van der Waals surface area (Å²) in [4.78, 5) is 72.1. The normalized spacial score (nSPS) is 16.9. The second-order valence-electron chi connectivity index (χ2n) is 9.80. The molecule has 2 aromatic heterocycles. The molecule has 0 aromatic carbocycles. The van der Waals surface area contributed by atoms with Crippen LogP contribution in [0.2, 0.25) is 0 Å². The summed E-state index contributed by atoms with van der Waals surface area (Å²) in [5.74, 6) is -1.94. The van der Waals surface area contributed by atoms with Crippen LogP contribution in [0.1, 0.15) is 18.3 Å². The predicted octanol–water partition coefficient (Wildman–Crippen LogP) is 0.216. The molecule has 2 amide bonds. The second-order valence-corrected chi connectivity index (χ2v) is 9.80. The zero-order valence-electron chi connectivity index (χ0n) is 25.2. The van der Waals surface area contributed by atoms with E-state index in [4.69, 9.17) is 9.47 Å². The molecule has 0 fully saturated rings. The van der Waals surface area contributed by atoms with E-state index in [1.165, 1.54) is 24.0 Å². The summed E-state index contributed by atoms with van der Waals surface area (Å²) in [6.07, 6.45) is 8.05. The number of likely N-dealkylation sites (N-methyl/N-ethyl adjacent to an activating group) is 1. The number of aliphatic imine (C=N–C) groups is 2. The van der Waals surface area contributed by atoms with E-state index in [2.05, 4.69) is 20.0 Å². The molecular formula is C31H30MnN6O6+. The van der Waals surface area contributed by atoms with Crippen LogP contribution in [0.3, 0.4) is 0 Å². The van der Waals surface area contributed by atoms with Crippen molar-refractivity contribution in [2.24, 2.45) is 9.98 Å². The van der Waals surface area contributed by atoms with Crippen LogP contribution in [0.5, 0.6) is 0 Å². The van der Waals surface area contributed by atoms with Gasteiger partial charge in [0.2, 0.25) is 5.91 Å². The Kier molecular flexibility index (Phi) is 10.6. The summed E-state index contributed by atoms with van der Waals surface area (Å²) in [5, 5.41) is 0.661. The molecule has 0 unspecified atom stereocenters. The Morgan fingerprint density at radius 3 is 1.86 bits per heavy atom. The maximum absolute atomic E-state index is 13.4. The smallest absolute Gasteiger partial charge is 0.657 e. The van der Waals surface area contributed by atoms with Crippen LogP contribution in [-0.4, -0.2) is 87.9 Å². The molecule has 0 atom stereocenters. The molecule has 0 N–H and O–H groups in total. The Balaban J connectivity index is 0.00000529. The number of rotatable bonds is 7. The number of esters is 2. The van der Waals surface area contributed by atoms with E-state index in [0.717, 1.165) is 0 Å². The molecule has 12 nitrogen and oxygen atoms in total. The molecule has 0 bridgehead atoms. The number of carbonyl (C=O) groups is 4. The summed E-state index contributed by atoms with van der Waals surface area (Å²) in [5.41, 5.74) is 2.10. The minimum absolute atomic E-state index is 0. The van der Waals surface area contributed by atoms with Gasteiger partial charge in [-0.05, 0) is 36.8 Å². The van der Waals surface area contributed by atoms with E-state index >= 15 is 0 Å². The van der Waals surface area contributed by atoms with Gasteiger partial charge in [-0.2, -0.15) is 0 Å². The van der Waals surface area contributed by atoms with Gasteiger partial charge in [-0.15, -0.1) is 22.1 Å². The van der Waals surface area contributed by atoms with Crippen molar-refractivity contribution in [1.29, 1.82) is 0 Å². The summed E-state index contributed by atoms with van der Waals surface area (Å²) in [6, 6.07) is 6.43. The molecule has 0 radical (unpaired) electrons. The first-order valence-electron chi connectivity index (χ1n) is 13.0. The molecule has 0 saturated heterocycles. The van der Waals surface area contributed by atoms with Crippen molar-refractivity contribution in [2.75, 3.05) is 42.4 Å². The van der Waals surface area contributed by atoms with Crippen molar-refractivity contribution in [3.05, 3.63) is 82.0 Å². The van der Waals surface area contributed by atoms with E-state index in [-0.39, 0.29) is 67.8 Å². The van der Waals surface area contributed by atoms with Crippen molar-refractivity contribution in [2.45, 2.75) is 6.92 Å². The monoisotopic (exact) mass is 637 g/mol. The van der Waals surface area contributed by atoms with E-state index in [0.29, 0.717) is 16.6 Å². The summed E-state index contributed by atoms with van der Waals surface area (Å²) < 4.78 is 9.98. The van der Waals surface area contributed by atoms with E-state index in [1.807, 2.05) is 0 Å². The van der Waals surface area contributed by atoms with Gasteiger partial charge in [0.25, 0.3) is 5.91 Å². The topological polar surface area (TPSA) is 146 Å². The first kappa shape index (κ1) is 33.5. The Hall–Kier alpha value is -5.00. The molecule has 0 spiro atoms. The van der Waals surface area contributed by atoms with Crippen molar-refractivity contribution in [3.8, 4) is 0 Å². The average molecular weight is 638 g/mol. The van der Waals surface area contributed by atoms with Gasteiger partial charge in [-0.1, -0.05) is 24.3 Å². The summed E-state index contributed by atoms with van der Waals surface area (Å²) in [6.45, 7) is 1.65. The molecule has 0 aliphatic carbocycles. The van der Waals surface area contributed by atoms with Crippen LogP contribution in [0.15, 0.2) is 69.9 Å². The van der Waals surface area contributed by atoms with Gasteiger partial charge in [0.1, 0.15) is 0 Å². The number of allylic oxidation sites excluding steroid dienone is 4. The second kappa shape index (κ2) is 14.0. The predicted molar refractivity (Wildman–Crippen MR) is 161 cm³/mol. The quantitative estimate of drug-likeness (QED) is 0.238. The van der Waals surface area contributed by atoms with Crippen molar-refractivity contribution in [1.82, 2.24) is 19.8 Å². The number of amides is 2. The van der Waals surface area contributed by atoms with Crippen LogP contribution < -0.4 is 20.7 Å². The van der Waals surface area contributed by atoms with E-state index in [9.17, 15) is 19.2 Å². The Labute approximate surface area is 264 Å². The third-order valence-electron chi connectivity index (χ3n) is 6.52. The number of nitrogens with zero attached hydrogens (tertiary/aromatic N) is 6. The van der Waals surface area contributed by atoms with Gasteiger partial charge in [0.05, 0.1) is 48.0 Å². The van der Waals surface area contributed by atoms with Crippen LogP contribution >= 0.6 is 0 Å². The standard InChI is InChI=1S/C31H31N6O6.Mn/c1-17(28(38)36(2)3)18-10-11-23(33-18)27(31(41)43-7)24-15-13-21(35-24)25(29(39)37(4)5)20-12-14-22(34-20)26(30(40)42-6)19-9-8-16-32-19;/h8-16H,1-7H3,(H-,32,33,34,35,38,39,40,41);/q-1;+3/p-1. The third-order valence-corrected chi connectivity index (χ3v) is 6.52. The first-order valence-corrected chi connectivity index (χ1v) is 13.0. The molecule has 2 aliphatic rings. The largest absolute Gasteiger partial charge is 3.00 e. The van der Waals surface area contributed by atoms with Crippen molar-refractivity contribution >= 4 is 58.0 Å². The first-order chi connectivity index (χ1) is 20.5. The van der Waals surface area contributed by atoms with Gasteiger partial charge in [0.15, 0.2) is 0 Å². The Bertz CT molecular complexity index is 1820. The van der Waals surface area contributed by atoms with E-state index in [1.54, 1.807) is 89.9 Å². The molecule has 13 heteroatoms. The molecule has 2 aromatic rings. The van der Waals surface area contributed by atoms with Gasteiger partial charge >= 0.3 is 29.0 Å². The molecule has 0 saturated carbocycles. The number of methoxy groups -OCH3 is 2. The maximum Gasteiger partial charge on any atom is 3.00 e. The zero-order chi connectivity index (χ0) is 31.4. The summed E-state index contributed by atoms with van der Waals surface area (Å²) >= 11 is 0.